The molecular formula is C38H50N6O9S. The Bertz CT molecular complexity index is 1960. The maximum atomic E-state index is 14.6. The largest absolute Gasteiger partial charge is 0.497 e. The number of ether oxygens (including phenoxy) is 3. The molecule has 7 rings (SSSR count). The summed E-state index contributed by atoms with van der Waals surface area (Å²) in [5.74, 6) is -1.39. The van der Waals surface area contributed by atoms with Gasteiger partial charge in [0.15, 0.2) is 0 Å². The van der Waals surface area contributed by atoms with Gasteiger partial charge in [-0.2, -0.15) is 0 Å². The van der Waals surface area contributed by atoms with Crippen LogP contribution < -0.4 is 24.8 Å². The topological polar surface area (TPSA) is 195 Å². The van der Waals surface area contributed by atoms with E-state index in [1.807, 2.05) is 32.9 Å². The van der Waals surface area contributed by atoms with Gasteiger partial charge in [0, 0.05) is 18.4 Å². The van der Waals surface area contributed by atoms with E-state index in [-0.39, 0.29) is 31.4 Å². The summed E-state index contributed by atoms with van der Waals surface area (Å²) in [6.07, 6.45) is 5.93. The molecule has 1 aromatic carbocycles. The van der Waals surface area contributed by atoms with E-state index in [1.54, 1.807) is 13.2 Å². The number of benzene rings is 1. The second-order valence-electron chi connectivity index (χ2n) is 16.5. The molecular weight excluding hydrogens is 717 g/mol. The Morgan fingerprint density at radius 1 is 1.07 bits per heavy atom. The Morgan fingerprint density at radius 2 is 1.85 bits per heavy atom. The summed E-state index contributed by atoms with van der Waals surface area (Å²) in [5.41, 5.74) is -0.451. The Hall–Kier alpha value is -4.47. The highest BCUT2D eigenvalue weighted by molar-refractivity contribution is 7.91. The smallest absolute Gasteiger partial charge is 0.408 e. The van der Waals surface area contributed by atoms with E-state index < -0.39 is 74.1 Å². The zero-order valence-electron chi connectivity index (χ0n) is 31.3. The lowest BCUT2D eigenvalue weighted by atomic mass is 9.85. The zero-order valence-corrected chi connectivity index (χ0v) is 32.1. The number of fused-ring (bicyclic) bond motifs is 5. The second-order valence-corrected chi connectivity index (χ2v) is 18.4. The van der Waals surface area contributed by atoms with Crippen molar-refractivity contribution in [2.45, 2.75) is 120 Å². The van der Waals surface area contributed by atoms with Gasteiger partial charge in [0.1, 0.15) is 41.3 Å². The number of hydrogen-bond acceptors (Lipinski definition) is 11. The first-order valence-corrected chi connectivity index (χ1v) is 20.5. The van der Waals surface area contributed by atoms with E-state index in [0.29, 0.717) is 47.6 Å². The summed E-state index contributed by atoms with van der Waals surface area (Å²) < 4.78 is 45.3. The number of amides is 4. The van der Waals surface area contributed by atoms with E-state index in [4.69, 9.17) is 24.2 Å². The number of rotatable bonds is 7. The molecule has 292 valence electrons. The molecule has 2 bridgehead atoms. The number of methoxy groups -OCH3 is 1. The number of aromatic nitrogens is 2. The van der Waals surface area contributed by atoms with Crippen LogP contribution in [0.3, 0.4) is 0 Å². The third kappa shape index (κ3) is 7.85. The molecule has 3 N–H and O–H groups in total. The van der Waals surface area contributed by atoms with Crippen molar-refractivity contribution in [2.75, 3.05) is 13.7 Å². The SMILES string of the molecule is C=C[C@@H]1C[C@@]1(NC(=O)[C@@H]1C[C@@H]2CN1C(=O)[C@H](C(C)(C)C)NC(=O)O[C@@H]1C[C@H]1CCCCCc1nc3ccc(OC)cc3nc1O2)C(=O)NS(=O)(=O)C1CC1. The van der Waals surface area contributed by atoms with Crippen LogP contribution in [0.1, 0.15) is 84.3 Å². The van der Waals surface area contributed by atoms with Gasteiger partial charge in [-0.15, -0.1) is 6.58 Å². The Balaban J connectivity index is 1.22. The zero-order chi connectivity index (χ0) is 38.6. The van der Waals surface area contributed by atoms with Gasteiger partial charge in [-0.3, -0.25) is 19.1 Å². The average molecular weight is 767 g/mol. The van der Waals surface area contributed by atoms with Crippen molar-refractivity contribution in [3.63, 3.8) is 0 Å². The lowest BCUT2D eigenvalue weighted by Gasteiger charge is -2.35. The van der Waals surface area contributed by atoms with E-state index in [0.717, 1.165) is 32.1 Å². The van der Waals surface area contributed by atoms with Crippen LogP contribution in [0.15, 0.2) is 30.9 Å². The van der Waals surface area contributed by atoms with Crippen molar-refractivity contribution in [3.8, 4) is 11.6 Å². The molecule has 4 amide bonds. The summed E-state index contributed by atoms with van der Waals surface area (Å²) in [6.45, 7) is 9.18. The molecule has 5 aliphatic rings. The van der Waals surface area contributed by atoms with Crippen molar-refractivity contribution in [2.24, 2.45) is 17.3 Å². The summed E-state index contributed by atoms with van der Waals surface area (Å²) in [6, 6.07) is 3.20. The predicted octanol–water partition coefficient (Wildman–Crippen LogP) is 3.30. The van der Waals surface area contributed by atoms with Crippen LogP contribution >= 0.6 is 0 Å². The Kier molecular flexibility index (Phi) is 10.0. The van der Waals surface area contributed by atoms with Gasteiger partial charge in [-0.1, -0.05) is 39.7 Å². The average Bonchev–Trinajstić information content (AvgIpc) is 4.04. The summed E-state index contributed by atoms with van der Waals surface area (Å²) in [4.78, 5) is 66.8. The molecule has 4 fully saturated rings. The number of aryl methyl sites for hydroxylation is 1. The molecule has 3 aliphatic carbocycles. The van der Waals surface area contributed by atoms with Crippen molar-refractivity contribution >= 4 is 44.9 Å². The fraction of sp³-hybridized carbons (Fsp3) is 0.632. The summed E-state index contributed by atoms with van der Waals surface area (Å²) >= 11 is 0. The molecule has 1 saturated heterocycles. The maximum Gasteiger partial charge on any atom is 0.408 e. The normalized spacial score (nSPS) is 30.3. The number of sulfonamides is 1. The van der Waals surface area contributed by atoms with Crippen LogP contribution in [-0.4, -0.2) is 95.8 Å². The second kappa shape index (κ2) is 14.3. The highest BCUT2D eigenvalue weighted by Gasteiger charge is 2.62. The lowest BCUT2D eigenvalue weighted by Crippen LogP contribution is -2.60. The van der Waals surface area contributed by atoms with E-state index in [2.05, 4.69) is 21.9 Å². The van der Waals surface area contributed by atoms with Crippen molar-refractivity contribution < 1.29 is 41.8 Å². The van der Waals surface area contributed by atoms with Crippen molar-refractivity contribution in [1.82, 2.24) is 30.2 Å². The molecule has 0 unspecified atom stereocenters. The minimum atomic E-state index is -3.90. The maximum absolute atomic E-state index is 14.6. The van der Waals surface area contributed by atoms with E-state index in [1.165, 1.54) is 11.0 Å². The van der Waals surface area contributed by atoms with Crippen LogP contribution in [0.4, 0.5) is 4.79 Å². The molecule has 15 nitrogen and oxygen atoms in total. The van der Waals surface area contributed by atoms with Crippen LogP contribution in [0.5, 0.6) is 11.6 Å². The standard InChI is InChI=1S/C38H50N6O9S/c1-6-22-19-38(22,35(47)43-54(49,50)25-13-14-25)42-32(45)29-18-24-20-44(29)34(46)31(37(2,3)4)41-36(48)53-30-16-21(30)10-8-7-9-11-27-33(52-24)40-28-17-23(51-5)12-15-26(28)39-27/h6,12,15,17,21-22,24-25,29-31H,1,7-11,13-14,16,18-20H2,2-5H3,(H,41,48)(H,42,45)(H,43,47)/t21-,22-,24-,29+,30-,31-,38+/m1/s1. The highest BCUT2D eigenvalue weighted by Crippen LogP contribution is 2.46. The molecule has 3 heterocycles. The molecule has 2 aliphatic heterocycles. The predicted molar refractivity (Wildman–Crippen MR) is 197 cm³/mol. The fourth-order valence-corrected chi connectivity index (χ4v) is 9.00. The summed E-state index contributed by atoms with van der Waals surface area (Å²) in [5, 5.41) is 4.96. The third-order valence-corrected chi connectivity index (χ3v) is 13.1. The molecule has 3 saturated carbocycles. The number of nitrogens with one attached hydrogen (secondary N) is 3. The van der Waals surface area contributed by atoms with Gasteiger partial charge in [0.2, 0.25) is 27.7 Å². The number of nitrogens with zero attached hydrogens (tertiary/aromatic N) is 3. The molecule has 1 aromatic heterocycles. The summed E-state index contributed by atoms with van der Waals surface area (Å²) in [7, 11) is -2.33. The van der Waals surface area contributed by atoms with Gasteiger partial charge in [0.05, 0.1) is 29.9 Å². The molecule has 0 radical (unpaired) electrons. The molecule has 54 heavy (non-hydrogen) atoms. The number of hydrogen-bond donors (Lipinski definition) is 3. The number of carbonyl (C=O) groups excluding carboxylic acids is 4. The monoisotopic (exact) mass is 766 g/mol. The lowest BCUT2D eigenvalue weighted by molar-refractivity contribution is -0.142. The first-order chi connectivity index (χ1) is 25.6. The first kappa shape index (κ1) is 37.8. The molecule has 2 aromatic rings. The minimum absolute atomic E-state index is 0.0245. The van der Waals surface area contributed by atoms with Crippen LogP contribution in [-0.2, 0) is 35.6 Å². The van der Waals surface area contributed by atoms with E-state index >= 15 is 0 Å². The molecule has 16 heteroatoms. The Labute approximate surface area is 315 Å². The van der Waals surface area contributed by atoms with Crippen LogP contribution in [0.2, 0.25) is 0 Å². The first-order valence-electron chi connectivity index (χ1n) is 18.9. The van der Waals surface area contributed by atoms with Crippen molar-refractivity contribution in [1.29, 1.82) is 0 Å². The number of alkyl carbamates (subject to hydrolysis) is 1. The van der Waals surface area contributed by atoms with Gasteiger partial charge in [-0.05, 0) is 68.4 Å². The third-order valence-electron chi connectivity index (χ3n) is 11.3. The fourth-order valence-electron chi connectivity index (χ4n) is 7.64. The van der Waals surface area contributed by atoms with Gasteiger partial charge in [0.25, 0.3) is 5.91 Å². The highest BCUT2D eigenvalue weighted by atomic mass is 32.2. The van der Waals surface area contributed by atoms with Crippen LogP contribution in [0.25, 0.3) is 11.0 Å². The quantitative estimate of drug-likeness (QED) is 0.350. The van der Waals surface area contributed by atoms with Crippen LogP contribution in [0, 0.1) is 17.3 Å². The van der Waals surface area contributed by atoms with E-state index in [9.17, 15) is 27.6 Å². The van der Waals surface area contributed by atoms with Gasteiger partial charge >= 0.3 is 6.09 Å². The number of carbonyl (C=O) groups is 4. The molecule has 7 atom stereocenters. The Morgan fingerprint density at radius 3 is 2.54 bits per heavy atom. The van der Waals surface area contributed by atoms with Gasteiger partial charge in [-0.25, -0.2) is 23.2 Å². The van der Waals surface area contributed by atoms with Crippen molar-refractivity contribution in [3.05, 3.63) is 36.5 Å². The van der Waals surface area contributed by atoms with Gasteiger partial charge < -0.3 is 29.7 Å². The molecule has 0 spiro atoms. The minimum Gasteiger partial charge on any atom is -0.497 e.